The molecule has 0 unspecified atom stereocenters. The van der Waals surface area contributed by atoms with Crippen molar-refractivity contribution in [3.63, 3.8) is 0 Å². The minimum absolute atomic E-state index is 0.726. The van der Waals surface area contributed by atoms with E-state index >= 15 is 0 Å². The lowest BCUT2D eigenvalue weighted by Gasteiger charge is -2.09. The van der Waals surface area contributed by atoms with Gasteiger partial charge in [-0.15, -0.1) is 10.2 Å². The van der Waals surface area contributed by atoms with E-state index in [2.05, 4.69) is 49.8 Å². The fourth-order valence-corrected chi connectivity index (χ4v) is 2.55. The highest BCUT2D eigenvalue weighted by Gasteiger charge is 2.12. The van der Waals surface area contributed by atoms with E-state index in [1.165, 1.54) is 25.7 Å². The van der Waals surface area contributed by atoms with Crippen molar-refractivity contribution in [2.75, 3.05) is 0 Å². The summed E-state index contributed by atoms with van der Waals surface area (Å²) in [6.07, 6.45) is 6.00. The molecule has 1 aromatic carbocycles. The molecule has 0 fully saturated rings. The first-order valence-electron chi connectivity index (χ1n) is 6.91. The first kappa shape index (κ1) is 14.3. The number of benzene rings is 1. The Bertz CT molecular complexity index is 493. The van der Waals surface area contributed by atoms with E-state index in [-0.39, 0.29) is 0 Å². The number of aryl methyl sites for hydroxylation is 1. The maximum absolute atomic E-state index is 4.34. The topological polar surface area (TPSA) is 30.7 Å². The van der Waals surface area contributed by atoms with Crippen LogP contribution in [0.1, 0.15) is 44.3 Å². The number of nitrogens with zero attached hydrogens (tertiary/aromatic N) is 3. The molecule has 0 aliphatic rings. The Balaban J connectivity index is 2.18. The summed E-state index contributed by atoms with van der Waals surface area (Å²) in [6.45, 7) is 2.23. The van der Waals surface area contributed by atoms with Gasteiger partial charge in [0.2, 0.25) is 0 Å². The van der Waals surface area contributed by atoms with Crippen molar-refractivity contribution < 1.29 is 0 Å². The summed E-state index contributed by atoms with van der Waals surface area (Å²) in [5, 5.41) is 9.35. The number of unbranched alkanes of at least 4 members (excludes halogenated alkanes) is 3. The van der Waals surface area contributed by atoms with Crippen LogP contribution < -0.4 is 0 Å². The minimum Gasteiger partial charge on any atom is -0.282 e. The predicted molar refractivity (Wildman–Crippen MR) is 81.8 cm³/mol. The molecule has 0 aliphatic heterocycles. The highest BCUT2D eigenvalue weighted by molar-refractivity contribution is 9.08. The van der Waals surface area contributed by atoms with Crippen LogP contribution in [-0.4, -0.2) is 14.8 Å². The van der Waals surface area contributed by atoms with Crippen molar-refractivity contribution in [3.8, 4) is 5.69 Å². The van der Waals surface area contributed by atoms with Crippen LogP contribution in [0.4, 0.5) is 0 Å². The molecule has 1 aromatic heterocycles. The van der Waals surface area contributed by atoms with Crippen LogP contribution in [0.2, 0.25) is 0 Å². The van der Waals surface area contributed by atoms with Gasteiger partial charge in [0.15, 0.2) is 0 Å². The third-order valence-corrected chi connectivity index (χ3v) is 3.69. The third kappa shape index (κ3) is 3.66. The second kappa shape index (κ2) is 7.43. The number of halogens is 1. The Morgan fingerprint density at radius 3 is 2.42 bits per heavy atom. The smallest absolute Gasteiger partial charge is 0.148 e. The van der Waals surface area contributed by atoms with Gasteiger partial charge in [-0.3, -0.25) is 4.57 Å². The molecule has 1 heterocycles. The van der Waals surface area contributed by atoms with Gasteiger partial charge in [-0.2, -0.15) is 0 Å². The van der Waals surface area contributed by atoms with Gasteiger partial charge in [0, 0.05) is 12.1 Å². The molecule has 0 aliphatic carbocycles. The SMILES string of the molecule is CCCCCCc1nnc(CBr)n1-c1ccccc1. The van der Waals surface area contributed by atoms with Crippen LogP contribution in [0.5, 0.6) is 0 Å². The molecule has 0 N–H and O–H groups in total. The van der Waals surface area contributed by atoms with Gasteiger partial charge in [0.05, 0.1) is 5.33 Å². The number of rotatable bonds is 7. The van der Waals surface area contributed by atoms with Gasteiger partial charge in [0.25, 0.3) is 0 Å². The average molecular weight is 322 g/mol. The highest BCUT2D eigenvalue weighted by Crippen LogP contribution is 2.17. The van der Waals surface area contributed by atoms with Gasteiger partial charge in [-0.05, 0) is 18.6 Å². The molecule has 0 atom stereocenters. The predicted octanol–water partition coefficient (Wildman–Crippen LogP) is 4.29. The summed E-state index contributed by atoms with van der Waals surface area (Å²) in [7, 11) is 0. The van der Waals surface area contributed by atoms with E-state index in [0.29, 0.717) is 0 Å². The van der Waals surface area contributed by atoms with Crippen molar-refractivity contribution in [3.05, 3.63) is 42.0 Å². The highest BCUT2D eigenvalue weighted by atomic mass is 79.9. The normalized spacial score (nSPS) is 10.8. The van der Waals surface area contributed by atoms with E-state index < -0.39 is 0 Å². The molecule has 0 radical (unpaired) electrons. The molecule has 0 amide bonds. The van der Waals surface area contributed by atoms with Crippen molar-refractivity contribution in [1.82, 2.24) is 14.8 Å². The molecule has 2 aromatic rings. The quantitative estimate of drug-likeness (QED) is 0.562. The maximum atomic E-state index is 4.34. The van der Waals surface area contributed by atoms with Gasteiger partial charge in [-0.1, -0.05) is 60.3 Å². The van der Waals surface area contributed by atoms with Gasteiger partial charge in [0.1, 0.15) is 11.6 Å². The Kier molecular flexibility index (Phi) is 5.58. The largest absolute Gasteiger partial charge is 0.282 e. The van der Waals surface area contributed by atoms with Crippen LogP contribution in [-0.2, 0) is 11.8 Å². The Hall–Kier alpha value is -1.16. The summed E-state index contributed by atoms with van der Waals surface area (Å²) in [5.41, 5.74) is 1.15. The zero-order chi connectivity index (χ0) is 13.5. The van der Waals surface area contributed by atoms with Crippen LogP contribution in [0.3, 0.4) is 0 Å². The van der Waals surface area contributed by atoms with Gasteiger partial charge >= 0.3 is 0 Å². The molecule has 19 heavy (non-hydrogen) atoms. The van der Waals surface area contributed by atoms with Crippen molar-refractivity contribution in [1.29, 1.82) is 0 Å². The molecule has 102 valence electrons. The second-order valence-electron chi connectivity index (χ2n) is 4.65. The Morgan fingerprint density at radius 1 is 1.00 bits per heavy atom. The average Bonchev–Trinajstić information content (AvgIpc) is 2.87. The molecule has 4 heteroatoms. The van der Waals surface area contributed by atoms with E-state index in [0.717, 1.165) is 29.1 Å². The molecule has 0 saturated heterocycles. The summed E-state index contributed by atoms with van der Waals surface area (Å²) in [6, 6.07) is 10.3. The standard InChI is InChI=1S/C15H20BrN3/c1-2-3-4-8-11-14-17-18-15(12-16)19(14)13-9-6-5-7-10-13/h5-7,9-10H,2-4,8,11-12H2,1H3. The summed E-state index contributed by atoms with van der Waals surface area (Å²) >= 11 is 3.49. The summed E-state index contributed by atoms with van der Waals surface area (Å²) in [4.78, 5) is 0. The summed E-state index contributed by atoms with van der Waals surface area (Å²) in [5.74, 6) is 2.04. The lowest BCUT2D eigenvalue weighted by atomic mass is 10.1. The molecule has 3 nitrogen and oxygen atoms in total. The van der Waals surface area contributed by atoms with Crippen molar-refractivity contribution in [2.24, 2.45) is 0 Å². The number of para-hydroxylation sites is 1. The van der Waals surface area contributed by atoms with Gasteiger partial charge in [-0.25, -0.2) is 0 Å². The molecular weight excluding hydrogens is 302 g/mol. The lowest BCUT2D eigenvalue weighted by Crippen LogP contribution is -2.04. The number of hydrogen-bond acceptors (Lipinski definition) is 2. The van der Waals surface area contributed by atoms with E-state index in [1.807, 2.05) is 18.2 Å². The fraction of sp³-hybridized carbons (Fsp3) is 0.467. The van der Waals surface area contributed by atoms with Crippen molar-refractivity contribution in [2.45, 2.75) is 44.4 Å². The third-order valence-electron chi connectivity index (χ3n) is 3.18. The maximum Gasteiger partial charge on any atom is 0.148 e. The Morgan fingerprint density at radius 2 is 1.74 bits per heavy atom. The van der Waals surface area contributed by atoms with Crippen molar-refractivity contribution >= 4 is 15.9 Å². The lowest BCUT2D eigenvalue weighted by molar-refractivity contribution is 0.645. The monoisotopic (exact) mass is 321 g/mol. The Labute approximate surface area is 123 Å². The van der Waals surface area contributed by atoms with Crippen LogP contribution in [0.15, 0.2) is 30.3 Å². The molecular formula is C15H20BrN3. The second-order valence-corrected chi connectivity index (χ2v) is 5.21. The summed E-state index contributed by atoms with van der Waals surface area (Å²) < 4.78 is 2.17. The van der Waals surface area contributed by atoms with Crippen LogP contribution in [0, 0.1) is 0 Å². The van der Waals surface area contributed by atoms with Gasteiger partial charge < -0.3 is 0 Å². The van der Waals surface area contributed by atoms with Crippen LogP contribution >= 0.6 is 15.9 Å². The van der Waals surface area contributed by atoms with Crippen LogP contribution in [0.25, 0.3) is 5.69 Å². The molecule has 2 rings (SSSR count). The van der Waals surface area contributed by atoms with E-state index in [1.54, 1.807) is 0 Å². The number of hydrogen-bond donors (Lipinski definition) is 0. The molecule has 0 spiro atoms. The van der Waals surface area contributed by atoms with E-state index in [4.69, 9.17) is 0 Å². The zero-order valence-corrected chi connectivity index (χ0v) is 12.9. The zero-order valence-electron chi connectivity index (χ0n) is 11.3. The number of aromatic nitrogens is 3. The first-order valence-corrected chi connectivity index (χ1v) is 8.03. The minimum atomic E-state index is 0.726. The number of alkyl halides is 1. The first-order chi connectivity index (χ1) is 9.36. The fourth-order valence-electron chi connectivity index (χ4n) is 2.19. The molecule has 0 bridgehead atoms. The van der Waals surface area contributed by atoms with E-state index in [9.17, 15) is 0 Å². The molecule has 0 saturated carbocycles.